The summed E-state index contributed by atoms with van der Waals surface area (Å²) < 4.78 is 6.36. The number of aryl methyl sites for hydroxylation is 1. The number of hydrazone groups is 1. The topological polar surface area (TPSA) is 96.9 Å². The van der Waals surface area contributed by atoms with Gasteiger partial charge in [-0.3, -0.25) is 9.59 Å². The summed E-state index contributed by atoms with van der Waals surface area (Å²) in [7, 11) is 0. The van der Waals surface area contributed by atoms with Crippen LogP contribution in [0.3, 0.4) is 0 Å². The van der Waals surface area contributed by atoms with Crippen LogP contribution in [0, 0.1) is 6.92 Å². The second-order valence-electron chi connectivity index (χ2n) is 7.22. The first-order valence-electron chi connectivity index (χ1n) is 10.1. The van der Waals surface area contributed by atoms with Crippen LogP contribution in [0.25, 0.3) is 10.1 Å². The van der Waals surface area contributed by atoms with Crippen LogP contribution in [0.2, 0.25) is 5.02 Å². The van der Waals surface area contributed by atoms with Crippen molar-refractivity contribution in [1.29, 1.82) is 0 Å². The van der Waals surface area contributed by atoms with Gasteiger partial charge < -0.3 is 10.1 Å². The molecule has 4 aromatic rings. The first-order chi connectivity index (χ1) is 16.4. The number of anilines is 1. The molecule has 7 nitrogen and oxygen atoms in total. The van der Waals surface area contributed by atoms with Crippen LogP contribution in [0.1, 0.15) is 20.8 Å². The summed E-state index contributed by atoms with van der Waals surface area (Å²) in [6, 6.07) is 21.0. The fourth-order valence-corrected chi connectivity index (χ4v) is 4.38. The van der Waals surface area contributed by atoms with Crippen LogP contribution < -0.4 is 15.5 Å². The van der Waals surface area contributed by atoms with Gasteiger partial charge in [-0.25, -0.2) is 10.2 Å². The normalized spacial score (nSPS) is 10.9. The molecule has 0 radical (unpaired) electrons. The van der Waals surface area contributed by atoms with E-state index < -0.39 is 17.8 Å². The molecule has 3 aromatic carbocycles. The summed E-state index contributed by atoms with van der Waals surface area (Å²) in [5.74, 6) is -2.05. The van der Waals surface area contributed by atoms with E-state index in [1.165, 1.54) is 17.6 Å². The zero-order valence-corrected chi connectivity index (χ0v) is 19.4. The van der Waals surface area contributed by atoms with E-state index in [1.54, 1.807) is 36.4 Å². The van der Waals surface area contributed by atoms with Crippen LogP contribution in [0.4, 0.5) is 5.69 Å². The SMILES string of the molecule is Cc1ccc(NC(=O)C(=O)N/N=C\c2cccc(OC(=O)c3sc4ccccc4c3Cl)c2)cc1. The lowest BCUT2D eigenvalue weighted by molar-refractivity contribution is -0.136. The zero-order valence-electron chi connectivity index (χ0n) is 17.9. The number of hydrogen-bond acceptors (Lipinski definition) is 6. The Bertz CT molecular complexity index is 1410. The number of hydrogen-bond donors (Lipinski definition) is 2. The Kier molecular flexibility index (Phi) is 7.01. The molecule has 0 unspecified atom stereocenters. The Morgan fingerprint density at radius 2 is 1.74 bits per heavy atom. The quantitative estimate of drug-likeness (QED) is 0.132. The molecule has 4 rings (SSSR count). The van der Waals surface area contributed by atoms with E-state index in [0.29, 0.717) is 21.2 Å². The Morgan fingerprint density at radius 3 is 2.50 bits per heavy atom. The molecule has 0 atom stereocenters. The summed E-state index contributed by atoms with van der Waals surface area (Å²) in [5, 5.41) is 7.43. The highest BCUT2D eigenvalue weighted by atomic mass is 35.5. The molecule has 1 heterocycles. The van der Waals surface area contributed by atoms with E-state index >= 15 is 0 Å². The van der Waals surface area contributed by atoms with Gasteiger partial charge in [0.05, 0.1) is 11.2 Å². The van der Waals surface area contributed by atoms with Crippen molar-refractivity contribution in [3.8, 4) is 5.75 Å². The van der Waals surface area contributed by atoms with Gasteiger partial charge in [0.15, 0.2) is 0 Å². The van der Waals surface area contributed by atoms with E-state index in [2.05, 4.69) is 15.8 Å². The smallest absolute Gasteiger partial charge is 0.355 e. The van der Waals surface area contributed by atoms with Gasteiger partial charge in [-0.2, -0.15) is 5.10 Å². The average Bonchev–Trinajstić information content (AvgIpc) is 3.17. The average molecular weight is 492 g/mol. The number of esters is 1. The van der Waals surface area contributed by atoms with Crippen molar-refractivity contribution in [3.05, 3.63) is 93.8 Å². The maximum absolute atomic E-state index is 12.6. The number of carbonyl (C=O) groups excluding carboxylic acids is 3. The Balaban J connectivity index is 1.36. The standard InChI is InChI=1S/C25H18ClN3O4S/c1-15-9-11-17(12-10-15)28-23(30)24(31)29-27-14-16-5-4-6-18(13-16)33-25(32)22-21(26)19-7-2-3-8-20(19)34-22/h2-14H,1H3,(H,28,30)(H,29,31)/b27-14-. The molecular weight excluding hydrogens is 474 g/mol. The molecule has 0 aliphatic heterocycles. The van der Waals surface area contributed by atoms with Gasteiger partial charge in [0.25, 0.3) is 0 Å². The maximum Gasteiger partial charge on any atom is 0.355 e. The van der Waals surface area contributed by atoms with Crippen molar-refractivity contribution in [2.24, 2.45) is 5.10 Å². The van der Waals surface area contributed by atoms with Crippen LogP contribution in [0.5, 0.6) is 5.75 Å². The van der Waals surface area contributed by atoms with Crippen molar-refractivity contribution in [2.75, 3.05) is 5.32 Å². The fourth-order valence-electron chi connectivity index (χ4n) is 3.00. The molecule has 9 heteroatoms. The number of halogens is 1. The van der Waals surface area contributed by atoms with Crippen molar-refractivity contribution in [1.82, 2.24) is 5.43 Å². The number of nitrogens with one attached hydrogen (secondary N) is 2. The monoisotopic (exact) mass is 491 g/mol. The molecule has 2 amide bonds. The number of nitrogens with zero attached hydrogens (tertiary/aromatic N) is 1. The van der Waals surface area contributed by atoms with Crippen LogP contribution >= 0.6 is 22.9 Å². The molecule has 0 fully saturated rings. The van der Waals surface area contributed by atoms with E-state index in [0.717, 1.165) is 15.6 Å². The van der Waals surface area contributed by atoms with Gasteiger partial charge >= 0.3 is 17.8 Å². The highest BCUT2D eigenvalue weighted by Gasteiger charge is 2.19. The number of benzene rings is 3. The largest absolute Gasteiger partial charge is 0.422 e. The first kappa shape index (κ1) is 23.2. The van der Waals surface area contributed by atoms with Gasteiger partial charge in [0.2, 0.25) is 0 Å². The summed E-state index contributed by atoms with van der Waals surface area (Å²) in [6.07, 6.45) is 1.33. The number of amides is 2. The third kappa shape index (κ3) is 5.48. The molecule has 170 valence electrons. The predicted molar refractivity (Wildman–Crippen MR) is 134 cm³/mol. The second-order valence-corrected chi connectivity index (χ2v) is 8.65. The lowest BCUT2D eigenvalue weighted by Gasteiger charge is -2.05. The number of fused-ring (bicyclic) bond motifs is 1. The number of ether oxygens (including phenoxy) is 1. The van der Waals surface area contributed by atoms with E-state index in [4.69, 9.17) is 16.3 Å². The summed E-state index contributed by atoms with van der Waals surface area (Å²) in [4.78, 5) is 36.9. The second kappa shape index (κ2) is 10.3. The highest BCUT2D eigenvalue weighted by molar-refractivity contribution is 7.21. The summed E-state index contributed by atoms with van der Waals surface area (Å²) in [6.45, 7) is 1.92. The minimum absolute atomic E-state index is 0.283. The molecule has 1 aromatic heterocycles. The van der Waals surface area contributed by atoms with Crippen molar-refractivity contribution < 1.29 is 19.1 Å². The van der Waals surface area contributed by atoms with Crippen LogP contribution in [0.15, 0.2) is 77.9 Å². The highest BCUT2D eigenvalue weighted by Crippen LogP contribution is 2.35. The molecule has 2 N–H and O–H groups in total. The van der Waals surface area contributed by atoms with Gasteiger partial charge in [-0.15, -0.1) is 11.3 Å². The van der Waals surface area contributed by atoms with Crippen molar-refractivity contribution in [2.45, 2.75) is 6.92 Å². The summed E-state index contributed by atoms with van der Waals surface area (Å²) >= 11 is 7.60. The first-order valence-corrected chi connectivity index (χ1v) is 11.3. The summed E-state index contributed by atoms with van der Waals surface area (Å²) in [5.41, 5.74) is 4.25. The molecular formula is C25H18ClN3O4S. The van der Waals surface area contributed by atoms with E-state index in [1.807, 2.05) is 43.3 Å². The minimum Gasteiger partial charge on any atom is -0.422 e. The molecule has 0 saturated carbocycles. The van der Waals surface area contributed by atoms with Crippen LogP contribution in [-0.4, -0.2) is 24.0 Å². The van der Waals surface area contributed by atoms with E-state index in [9.17, 15) is 14.4 Å². The lowest BCUT2D eigenvalue weighted by atomic mass is 10.2. The Hall–Kier alpha value is -4.01. The third-order valence-corrected chi connectivity index (χ3v) is 6.34. The predicted octanol–water partition coefficient (Wildman–Crippen LogP) is 5.17. The van der Waals surface area contributed by atoms with Gasteiger partial charge in [-0.1, -0.05) is 59.6 Å². The molecule has 0 bridgehead atoms. The molecule has 34 heavy (non-hydrogen) atoms. The number of carbonyl (C=O) groups is 3. The lowest BCUT2D eigenvalue weighted by Crippen LogP contribution is -2.32. The maximum atomic E-state index is 12.6. The molecule has 0 saturated heterocycles. The van der Waals surface area contributed by atoms with Gasteiger partial charge in [-0.05, 0) is 42.8 Å². The van der Waals surface area contributed by atoms with Gasteiger partial charge in [0.1, 0.15) is 10.6 Å². The zero-order chi connectivity index (χ0) is 24.1. The third-order valence-electron chi connectivity index (χ3n) is 4.68. The van der Waals surface area contributed by atoms with Crippen LogP contribution in [-0.2, 0) is 9.59 Å². The van der Waals surface area contributed by atoms with Crippen molar-refractivity contribution in [3.63, 3.8) is 0 Å². The number of rotatable bonds is 5. The Labute approximate surface area is 204 Å². The molecule has 0 spiro atoms. The van der Waals surface area contributed by atoms with Crippen molar-refractivity contribution >= 4 is 62.7 Å². The minimum atomic E-state index is -0.918. The van der Waals surface area contributed by atoms with Gasteiger partial charge in [0, 0.05) is 15.8 Å². The number of thiophene rings is 1. The molecule has 0 aliphatic rings. The van der Waals surface area contributed by atoms with E-state index in [-0.39, 0.29) is 5.75 Å². The fraction of sp³-hybridized carbons (Fsp3) is 0.0400. The molecule has 0 aliphatic carbocycles. The Morgan fingerprint density at radius 1 is 0.971 bits per heavy atom.